The van der Waals surface area contributed by atoms with Gasteiger partial charge in [-0.15, -0.1) is 13.2 Å². The van der Waals surface area contributed by atoms with Gasteiger partial charge in [0.05, 0.1) is 12.7 Å². The van der Waals surface area contributed by atoms with Gasteiger partial charge in [-0.25, -0.2) is 8.78 Å². The summed E-state index contributed by atoms with van der Waals surface area (Å²) in [6, 6.07) is 5.22. The largest absolute Gasteiger partial charge is 0.450 e. The molecule has 0 bridgehead atoms. The molecule has 2 unspecified atom stereocenters. The topological polar surface area (TPSA) is 18.5 Å². The highest BCUT2D eigenvalue weighted by molar-refractivity contribution is 5.53. The Morgan fingerprint density at radius 2 is 1.74 bits per heavy atom. The van der Waals surface area contributed by atoms with Crippen LogP contribution in [0.3, 0.4) is 0 Å². The van der Waals surface area contributed by atoms with E-state index in [0.29, 0.717) is 54.9 Å². The van der Waals surface area contributed by atoms with Crippen molar-refractivity contribution in [1.82, 2.24) is 0 Å². The molecule has 2 aliphatic heterocycles. The Kier molecular flexibility index (Phi) is 6.51. The quantitative estimate of drug-likeness (QED) is 0.384. The van der Waals surface area contributed by atoms with E-state index in [1.165, 1.54) is 0 Å². The van der Waals surface area contributed by atoms with E-state index >= 15 is 4.39 Å². The molecule has 2 atom stereocenters. The van der Waals surface area contributed by atoms with Crippen molar-refractivity contribution in [1.29, 1.82) is 0 Å². The molecular weight excluding hydrogens is 401 g/mol. The van der Waals surface area contributed by atoms with Crippen LogP contribution in [0.25, 0.3) is 0 Å². The maximum absolute atomic E-state index is 15.2. The van der Waals surface area contributed by atoms with Crippen molar-refractivity contribution in [3.05, 3.63) is 83.2 Å². The minimum atomic E-state index is -1.05. The van der Waals surface area contributed by atoms with E-state index in [1.807, 2.05) is 12.1 Å². The summed E-state index contributed by atoms with van der Waals surface area (Å²) in [4.78, 5) is 0. The second-order valence-electron chi connectivity index (χ2n) is 8.37. The Morgan fingerprint density at radius 1 is 0.935 bits per heavy atom. The Balaban J connectivity index is 1.51. The van der Waals surface area contributed by atoms with Crippen molar-refractivity contribution in [2.75, 3.05) is 6.61 Å². The molecule has 2 aliphatic rings. The summed E-state index contributed by atoms with van der Waals surface area (Å²) in [5.74, 6) is -2.31. The lowest BCUT2D eigenvalue weighted by molar-refractivity contribution is 0.00880. The number of hydrogen-bond donors (Lipinski definition) is 0. The first-order valence-corrected chi connectivity index (χ1v) is 10.8. The summed E-state index contributed by atoms with van der Waals surface area (Å²) in [7, 11) is 0. The molecule has 2 nitrogen and oxygen atoms in total. The summed E-state index contributed by atoms with van der Waals surface area (Å²) in [6.45, 7) is 8.02. The van der Waals surface area contributed by atoms with Crippen molar-refractivity contribution in [3.63, 3.8) is 0 Å². The van der Waals surface area contributed by atoms with Crippen molar-refractivity contribution in [3.8, 4) is 11.5 Å². The normalized spacial score (nSPS) is 19.8. The van der Waals surface area contributed by atoms with Crippen LogP contribution < -0.4 is 4.74 Å². The van der Waals surface area contributed by atoms with Crippen LogP contribution in [0.2, 0.25) is 0 Å². The van der Waals surface area contributed by atoms with Gasteiger partial charge in [-0.3, -0.25) is 0 Å². The SMILES string of the molecule is C=CCCc1cc2c(c(F)c1F)Oc1c(ccc(CCC3CCC(C=C)OC3)c1F)C2. The highest BCUT2D eigenvalue weighted by atomic mass is 19.2. The lowest BCUT2D eigenvalue weighted by Gasteiger charge is -2.27. The van der Waals surface area contributed by atoms with Crippen molar-refractivity contribution in [2.24, 2.45) is 5.92 Å². The molecule has 0 spiro atoms. The minimum absolute atomic E-state index is 0.00811. The summed E-state index contributed by atoms with van der Waals surface area (Å²) in [6.07, 6.45) is 8.09. The van der Waals surface area contributed by atoms with E-state index in [0.717, 1.165) is 19.3 Å². The van der Waals surface area contributed by atoms with Gasteiger partial charge in [0.2, 0.25) is 5.82 Å². The van der Waals surface area contributed by atoms with Crippen molar-refractivity contribution in [2.45, 2.75) is 51.0 Å². The standard InChI is InChI=1S/C26H27F3O2/c1-3-5-6-18-13-20-14-19-11-10-17(9-7-16-8-12-21(4-2)30-15-16)23(28)25(19)31-26(20)24(29)22(18)27/h3-4,10-11,13,16,21H,1-2,5-9,12,14-15H2. The van der Waals surface area contributed by atoms with Gasteiger partial charge >= 0.3 is 0 Å². The van der Waals surface area contributed by atoms with Crippen LogP contribution in [0, 0.1) is 23.4 Å². The van der Waals surface area contributed by atoms with Gasteiger partial charge in [-0.2, -0.15) is 4.39 Å². The van der Waals surface area contributed by atoms with Gasteiger partial charge < -0.3 is 9.47 Å². The van der Waals surface area contributed by atoms with Crippen molar-refractivity contribution >= 4 is 0 Å². The maximum Gasteiger partial charge on any atom is 0.201 e. The monoisotopic (exact) mass is 428 g/mol. The lowest BCUT2D eigenvalue weighted by Crippen LogP contribution is -2.24. The van der Waals surface area contributed by atoms with E-state index in [1.54, 1.807) is 18.2 Å². The number of ether oxygens (including phenoxy) is 2. The predicted octanol–water partition coefficient (Wildman–Crippen LogP) is 6.83. The highest BCUT2D eigenvalue weighted by Gasteiger charge is 2.28. The number of allylic oxidation sites excluding steroid dienone is 1. The molecule has 0 N–H and O–H groups in total. The molecule has 1 fully saturated rings. The third-order valence-electron chi connectivity index (χ3n) is 6.27. The Labute approximate surface area is 181 Å². The molecule has 31 heavy (non-hydrogen) atoms. The highest BCUT2D eigenvalue weighted by Crippen LogP contribution is 2.42. The minimum Gasteiger partial charge on any atom is -0.450 e. The fraction of sp³-hybridized carbons (Fsp3) is 0.385. The second kappa shape index (κ2) is 9.31. The molecule has 2 heterocycles. The van der Waals surface area contributed by atoms with Crippen LogP contribution in [0.4, 0.5) is 13.2 Å². The summed E-state index contributed by atoms with van der Waals surface area (Å²) in [5.41, 5.74) is 1.99. The van der Waals surface area contributed by atoms with Gasteiger partial charge in [0, 0.05) is 17.5 Å². The predicted molar refractivity (Wildman–Crippen MR) is 115 cm³/mol. The number of rotatable bonds is 7. The first-order chi connectivity index (χ1) is 15.0. The summed E-state index contributed by atoms with van der Waals surface area (Å²) >= 11 is 0. The molecule has 5 heteroatoms. The van der Waals surface area contributed by atoms with E-state index in [-0.39, 0.29) is 23.2 Å². The average Bonchev–Trinajstić information content (AvgIpc) is 2.79. The first-order valence-electron chi connectivity index (χ1n) is 10.8. The molecular formula is C26H27F3O2. The smallest absolute Gasteiger partial charge is 0.201 e. The van der Waals surface area contributed by atoms with Crippen LogP contribution >= 0.6 is 0 Å². The fourth-order valence-electron chi connectivity index (χ4n) is 4.39. The molecule has 0 radical (unpaired) electrons. The molecule has 2 aromatic rings. The average molecular weight is 428 g/mol. The zero-order valence-corrected chi connectivity index (χ0v) is 17.6. The molecule has 0 saturated carbocycles. The fourth-order valence-corrected chi connectivity index (χ4v) is 4.39. The van der Waals surface area contributed by atoms with E-state index in [2.05, 4.69) is 13.2 Å². The zero-order valence-electron chi connectivity index (χ0n) is 17.6. The number of fused-ring (bicyclic) bond motifs is 2. The Morgan fingerprint density at radius 3 is 2.45 bits per heavy atom. The number of halogens is 3. The molecule has 2 aromatic carbocycles. The van der Waals surface area contributed by atoms with Gasteiger partial charge in [0.1, 0.15) is 0 Å². The molecule has 0 aliphatic carbocycles. The van der Waals surface area contributed by atoms with Crippen LogP contribution in [0.15, 0.2) is 43.5 Å². The van der Waals surface area contributed by atoms with Gasteiger partial charge in [-0.1, -0.05) is 24.3 Å². The zero-order chi connectivity index (χ0) is 22.0. The maximum atomic E-state index is 15.2. The molecule has 0 amide bonds. The van der Waals surface area contributed by atoms with Gasteiger partial charge in [-0.05, 0) is 61.6 Å². The molecule has 0 aromatic heterocycles. The van der Waals surface area contributed by atoms with Gasteiger partial charge in [0.15, 0.2) is 23.1 Å². The van der Waals surface area contributed by atoms with E-state index < -0.39 is 17.5 Å². The summed E-state index contributed by atoms with van der Waals surface area (Å²) in [5, 5.41) is 0. The second-order valence-corrected chi connectivity index (χ2v) is 8.37. The van der Waals surface area contributed by atoms with E-state index in [9.17, 15) is 8.78 Å². The lowest BCUT2D eigenvalue weighted by atomic mass is 9.91. The molecule has 1 saturated heterocycles. The molecule has 4 rings (SSSR count). The van der Waals surface area contributed by atoms with Crippen LogP contribution in [0.5, 0.6) is 11.5 Å². The van der Waals surface area contributed by atoms with E-state index in [4.69, 9.17) is 9.47 Å². The van der Waals surface area contributed by atoms with Crippen LogP contribution in [-0.2, 0) is 24.0 Å². The van der Waals surface area contributed by atoms with Gasteiger partial charge in [0.25, 0.3) is 0 Å². The van der Waals surface area contributed by atoms with Crippen LogP contribution in [0.1, 0.15) is 47.9 Å². The first kappa shape index (κ1) is 21.7. The number of hydrogen-bond acceptors (Lipinski definition) is 2. The van der Waals surface area contributed by atoms with Crippen molar-refractivity contribution < 1.29 is 22.6 Å². The Bertz CT molecular complexity index is 991. The van der Waals surface area contributed by atoms with Crippen LogP contribution in [-0.4, -0.2) is 12.7 Å². The number of benzene rings is 2. The number of aryl methyl sites for hydroxylation is 2. The summed E-state index contributed by atoms with van der Waals surface area (Å²) < 4.78 is 55.6. The molecule has 164 valence electrons. The third kappa shape index (κ3) is 4.42. The third-order valence-corrected chi connectivity index (χ3v) is 6.27. The Hall–Kier alpha value is -2.53.